The monoisotopic (exact) mass is 431 g/mol. The topological polar surface area (TPSA) is 72.7 Å². The predicted octanol–water partition coefficient (Wildman–Crippen LogP) is 2.37. The number of anilines is 1. The fourth-order valence-corrected chi connectivity index (χ4v) is 4.63. The highest BCUT2D eigenvalue weighted by Crippen LogP contribution is 2.37. The first-order valence-corrected chi connectivity index (χ1v) is 10.6. The minimum absolute atomic E-state index is 0.0502. The molecule has 2 aliphatic carbocycles. The Morgan fingerprint density at radius 1 is 1.22 bits per heavy atom. The highest BCUT2D eigenvalue weighted by molar-refractivity contribution is 6.26. The van der Waals surface area contributed by atoms with Gasteiger partial charge in [-0.05, 0) is 54.3 Å². The number of halogens is 1. The SMILES string of the molecule is COCCC1C=c2nc3ccccn3c2=C2CCC(=O)C(C(=O)Nc3ccccc3F)=C21. The summed E-state index contributed by atoms with van der Waals surface area (Å²) in [6, 6.07) is 11.7. The molecule has 0 saturated carbocycles. The molecule has 0 saturated heterocycles. The number of rotatable bonds is 5. The lowest BCUT2D eigenvalue weighted by Crippen LogP contribution is -2.39. The van der Waals surface area contributed by atoms with Crippen molar-refractivity contribution in [3.05, 3.63) is 76.3 Å². The van der Waals surface area contributed by atoms with Crippen molar-refractivity contribution in [3.8, 4) is 0 Å². The van der Waals surface area contributed by atoms with Crippen LogP contribution in [0.5, 0.6) is 0 Å². The van der Waals surface area contributed by atoms with Gasteiger partial charge in [-0.25, -0.2) is 9.37 Å². The summed E-state index contributed by atoms with van der Waals surface area (Å²) in [7, 11) is 1.62. The Hall–Kier alpha value is -3.58. The van der Waals surface area contributed by atoms with Gasteiger partial charge in [-0.15, -0.1) is 0 Å². The maximum Gasteiger partial charge on any atom is 0.259 e. The number of allylic oxidation sites excluding steroid dienone is 1. The Kier molecular flexibility index (Phi) is 5.19. The van der Waals surface area contributed by atoms with Crippen LogP contribution in [-0.4, -0.2) is 34.8 Å². The van der Waals surface area contributed by atoms with Crippen LogP contribution in [0.1, 0.15) is 19.3 Å². The molecule has 0 aliphatic heterocycles. The van der Waals surface area contributed by atoms with Crippen LogP contribution in [0.25, 0.3) is 17.3 Å². The molecule has 5 rings (SSSR count). The minimum atomic E-state index is -0.583. The number of nitrogens with one attached hydrogen (secondary N) is 1. The van der Waals surface area contributed by atoms with Crippen molar-refractivity contribution in [2.45, 2.75) is 19.3 Å². The number of benzene rings is 1. The molecule has 3 aromatic rings. The van der Waals surface area contributed by atoms with E-state index >= 15 is 0 Å². The Morgan fingerprint density at radius 3 is 2.84 bits per heavy atom. The first kappa shape index (κ1) is 20.3. The van der Waals surface area contributed by atoms with E-state index in [1.165, 1.54) is 12.1 Å². The zero-order chi connectivity index (χ0) is 22.2. The number of para-hydroxylation sites is 1. The van der Waals surface area contributed by atoms with Gasteiger partial charge in [0.2, 0.25) is 0 Å². The smallest absolute Gasteiger partial charge is 0.259 e. The number of Topliss-reactive ketones (excluding diaryl/α,β-unsaturated/α-hetero) is 1. The molecule has 0 spiro atoms. The van der Waals surface area contributed by atoms with E-state index in [-0.39, 0.29) is 29.4 Å². The number of methoxy groups -OCH3 is 1. The van der Waals surface area contributed by atoms with Crippen LogP contribution in [0.15, 0.2) is 59.8 Å². The number of nitrogens with zero attached hydrogens (tertiary/aromatic N) is 2. The molecule has 7 heteroatoms. The third-order valence-electron chi connectivity index (χ3n) is 6.03. The molecule has 2 aliphatic rings. The lowest BCUT2D eigenvalue weighted by molar-refractivity contribution is -0.120. The van der Waals surface area contributed by atoms with E-state index in [2.05, 4.69) is 5.32 Å². The minimum Gasteiger partial charge on any atom is -0.385 e. The second-order valence-corrected chi connectivity index (χ2v) is 7.95. The molecule has 2 heterocycles. The Labute approximate surface area is 183 Å². The van der Waals surface area contributed by atoms with Gasteiger partial charge in [-0.2, -0.15) is 0 Å². The summed E-state index contributed by atoms with van der Waals surface area (Å²) in [6.45, 7) is 0.469. The van der Waals surface area contributed by atoms with E-state index < -0.39 is 11.7 Å². The van der Waals surface area contributed by atoms with Gasteiger partial charge in [0.05, 0.1) is 22.0 Å². The van der Waals surface area contributed by atoms with Crippen LogP contribution < -0.4 is 16.0 Å². The van der Waals surface area contributed by atoms with E-state index in [9.17, 15) is 14.0 Å². The van der Waals surface area contributed by atoms with Gasteiger partial charge in [-0.3, -0.25) is 14.0 Å². The van der Waals surface area contributed by atoms with Gasteiger partial charge in [0.1, 0.15) is 11.5 Å². The quantitative estimate of drug-likeness (QED) is 0.630. The van der Waals surface area contributed by atoms with Crippen molar-refractivity contribution >= 4 is 34.7 Å². The highest BCUT2D eigenvalue weighted by Gasteiger charge is 2.35. The van der Waals surface area contributed by atoms with Gasteiger partial charge in [0, 0.05) is 32.3 Å². The fourth-order valence-electron chi connectivity index (χ4n) is 4.63. The van der Waals surface area contributed by atoms with Crippen molar-refractivity contribution in [1.29, 1.82) is 0 Å². The van der Waals surface area contributed by atoms with E-state index in [0.717, 1.165) is 21.9 Å². The molecule has 1 N–H and O–H groups in total. The van der Waals surface area contributed by atoms with Crippen molar-refractivity contribution in [2.24, 2.45) is 5.92 Å². The maximum atomic E-state index is 14.2. The Balaban J connectivity index is 1.73. The molecule has 162 valence electrons. The number of hydrogen-bond acceptors (Lipinski definition) is 4. The summed E-state index contributed by atoms with van der Waals surface area (Å²) in [4.78, 5) is 31.0. The standard InChI is InChI=1S/C25H22FN3O3/c1-32-13-11-15-14-19-24(29-12-5-4-8-21(29)27-19)16-9-10-20(30)23(22(15)16)25(31)28-18-7-3-2-6-17(18)26/h2-8,12,14-15H,9-11,13H2,1H3,(H,28,31). The van der Waals surface area contributed by atoms with E-state index in [1.807, 2.05) is 34.9 Å². The predicted molar refractivity (Wildman–Crippen MR) is 119 cm³/mol. The van der Waals surface area contributed by atoms with Crippen LogP contribution in [0.2, 0.25) is 0 Å². The maximum absolute atomic E-state index is 14.2. The molecule has 0 fully saturated rings. The first-order valence-electron chi connectivity index (χ1n) is 10.6. The molecule has 1 aromatic carbocycles. The number of ketones is 1. The number of hydrogen-bond donors (Lipinski definition) is 1. The number of fused-ring (bicyclic) bond motifs is 4. The molecule has 0 bridgehead atoms. The van der Waals surface area contributed by atoms with Gasteiger partial charge < -0.3 is 10.1 Å². The molecule has 32 heavy (non-hydrogen) atoms. The number of imidazole rings is 1. The third-order valence-corrected chi connectivity index (χ3v) is 6.03. The molecule has 2 aromatic heterocycles. The second kappa shape index (κ2) is 8.16. The summed E-state index contributed by atoms with van der Waals surface area (Å²) in [5, 5.41) is 4.36. The number of amides is 1. The summed E-state index contributed by atoms with van der Waals surface area (Å²) in [6.07, 6.45) is 5.29. The van der Waals surface area contributed by atoms with Gasteiger partial charge in [0.25, 0.3) is 5.91 Å². The Bertz CT molecular complexity index is 1400. The van der Waals surface area contributed by atoms with Crippen molar-refractivity contribution in [2.75, 3.05) is 19.0 Å². The first-order chi connectivity index (χ1) is 15.6. The summed E-state index contributed by atoms with van der Waals surface area (Å²) in [5.41, 5.74) is 2.60. The van der Waals surface area contributed by atoms with Crippen LogP contribution in [0, 0.1) is 11.7 Å². The number of aromatic nitrogens is 2. The normalized spacial score (nSPS) is 17.8. The molecule has 1 amide bonds. The average Bonchev–Trinajstić information content (AvgIpc) is 3.17. The van der Waals surface area contributed by atoms with Crippen LogP contribution in [-0.2, 0) is 14.3 Å². The van der Waals surface area contributed by atoms with Gasteiger partial charge >= 0.3 is 0 Å². The molecular weight excluding hydrogens is 409 g/mol. The van der Waals surface area contributed by atoms with Crippen molar-refractivity contribution < 1.29 is 18.7 Å². The van der Waals surface area contributed by atoms with Gasteiger partial charge in [-0.1, -0.05) is 18.2 Å². The lowest BCUT2D eigenvalue weighted by atomic mass is 9.76. The molecular formula is C25H22FN3O3. The molecule has 6 nitrogen and oxygen atoms in total. The number of ether oxygens (including phenoxy) is 1. The van der Waals surface area contributed by atoms with E-state index in [4.69, 9.17) is 9.72 Å². The number of pyridine rings is 1. The van der Waals surface area contributed by atoms with Crippen LogP contribution >= 0.6 is 0 Å². The molecule has 1 unspecified atom stereocenters. The molecule has 1 atom stereocenters. The second-order valence-electron chi connectivity index (χ2n) is 7.95. The van der Waals surface area contributed by atoms with Gasteiger partial charge in [0.15, 0.2) is 5.78 Å². The fraction of sp³-hybridized carbons (Fsp3) is 0.240. The number of carbonyl (C=O) groups excluding carboxylic acids is 2. The zero-order valence-corrected chi connectivity index (χ0v) is 17.6. The number of carbonyl (C=O) groups is 2. The van der Waals surface area contributed by atoms with Crippen LogP contribution in [0.3, 0.4) is 0 Å². The van der Waals surface area contributed by atoms with E-state index in [0.29, 0.717) is 25.0 Å². The summed E-state index contributed by atoms with van der Waals surface area (Å²) in [5.74, 6) is -1.56. The Morgan fingerprint density at radius 2 is 2.03 bits per heavy atom. The van der Waals surface area contributed by atoms with Crippen LogP contribution in [0.4, 0.5) is 10.1 Å². The van der Waals surface area contributed by atoms with Crippen molar-refractivity contribution in [3.63, 3.8) is 0 Å². The van der Waals surface area contributed by atoms with E-state index in [1.54, 1.807) is 19.2 Å². The molecule has 0 radical (unpaired) electrons. The highest BCUT2D eigenvalue weighted by atomic mass is 19.1. The summed E-state index contributed by atoms with van der Waals surface area (Å²) >= 11 is 0. The average molecular weight is 431 g/mol. The largest absolute Gasteiger partial charge is 0.385 e. The lowest BCUT2D eigenvalue weighted by Gasteiger charge is -2.28. The summed E-state index contributed by atoms with van der Waals surface area (Å²) < 4.78 is 21.5. The van der Waals surface area contributed by atoms with Crippen molar-refractivity contribution in [1.82, 2.24) is 9.38 Å². The third kappa shape index (κ3) is 3.35. The zero-order valence-electron chi connectivity index (χ0n) is 17.6.